The van der Waals surface area contributed by atoms with Crippen molar-refractivity contribution in [3.05, 3.63) is 43.3 Å². The van der Waals surface area contributed by atoms with Crippen LogP contribution in [0.5, 0.6) is 0 Å². The van der Waals surface area contributed by atoms with Crippen LogP contribution in [0.3, 0.4) is 0 Å². The second kappa shape index (κ2) is 8.11. The average Bonchev–Trinajstić information content (AvgIpc) is 2.71. The quantitative estimate of drug-likeness (QED) is 0.690. The summed E-state index contributed by atoms with van der Waals surface area (Å²) in [5, 5.41) is 0. The molecule has 1 aromatic rings. The van der Waals surface area contributed by atoms with Crippen LogP contribution in [0.2, 0.25) is 0 Å². The van der Waals surface area contributed by atoms with E-state index < -0.39 is 6.09 Å². The van der Waals surface area contributed by atoms with Gasteiger partial charge in [-0.15, -0.1) is 0 Å². The van der Waals surface area contributed by atoms with E-state index in [2.05, 4.69) is 0 Å². The van der Waals surface area contributed by atoms with Gasteiger partial charge in [0.15, 0.2) is 0 Å². The van der Waals surface area contributed by atoms with Gasteiger partial charge in [-0.25, -0.2) is 9.69 Å². The molecule has 1 atom stereocenters. The number of benzene rings is 1. The Balaban J connectivity index is 0.00000162. The molecule has 0 aromatic heterocycles. The zero-order valence-electron chi connectivity index (χ0n) is 11.2. The van der Waals surface area contributed by atoms with E-state index in [4.69, 9.17) is 4.74 Å². The zero-order chi connectivity index (χ0) is 12.3. The number of carbonyl (C=O) groups is 2. The van der Waals surface area contributed by atoms with Crippen molar-refractivity contribution in [2.24, 2.45) is 0 Å². The Bertz CT molecular complexity index is 422. The monoisotopic (exact) mass is 432 g/mol. The van der Waals surface area contributed by atoms with Gasteiger partial charge in [-0.1, -0.05) is 37.3 Å². The minimum Gasteiger partial charge on any atom is -0.447 e. The average molecular weight is 432 g/mol. The van der Waals surface area contributed by atoms with Gasteiger partial charge in [0.25, 0.3) is 0 Å². The summed E-state index contributed by atoms with van der Waals surface area (Å²) >= 11 is 0. The molecule has 1 aliphatic heterocycles. The Labute approximate surface area is 128 Å². The predicted octanol–water partition coefficient (Wildman–Crippen LogP) is 2.43. The van der Waals surface area contributed by atoms with Gasteiger partial charge in [0.2, 0.25) is 5.91 Å². The van der Waals surface area contributed by atoms with Gasteiger partial charge < -0.3 is 12.2 Å². The molecule has 0 saturated carbocycles. The standard InChI is InChI=1S/C13H15NO3.CH3.W/c1-2-12(15)14-11(9-17-13(14)16)8-10-6-4-3-5-7-10;;/h3-7,11H,2,8-9H2,1H3;1H3;/q;-1;/t11-;;/m1../s1. The molecule has 1 fully saturated rings. The van der Waals surface area contributed by atoms with Crippen molar-refractivity contribution in [3.8, 4) is 0 Å². The molecule has 1 heterocycles. The first-order chi connectivity index (χ1) is 8.22. The van der Waals surface area contributed by atoms with Crippen molar-refractivity contribution in [1.29, 1.82) is 0 Å². The molecule has 104 valence electrons. The largest absolute Gasteiger partial charge is 0.447 e. The van der Waals surface area contributed by atoms with E-state index in [0.29, 0.717) is 19.4 Å². The molecule has 19 heavy (non-hydrogen) atoms. The third kappa shape index (κ3) is 4.17. The number of cyclic esters (lactones) is 1. The van der Waals surface area contributed by atoms with Crippen LogP contribution in [0.4, 0.5) is 4.79 Å². The Kier molecular flexibility index (Phi) is 7.61. The summed E-state index contributed by atoms with van der Waals surface area (Å²) in [4.78, 5) is 24.4. The predicted molar refractivity (Wildman–Crippen MR) is 68.8 cm³/mol. The van der Waals surface area contributed by atoms with Gasteiger partial charge in [-0.05, 0) is 12.0 Å². The Morgan fingerprint density at radius 3 is 2.58 bits per heavy atom. The second-order valence-corrected chi connectivity index (χ2v) is 4.04. The molecule has 1 saturated heterocycles. The van der Waals surface area contributed by atoms with Gasteiger partial charge in [0, 0.05) is 27.5 Å². The van der Waals surface area contributed by atoms with Gasteiger partial charge in [0.05, 0.1) is 6.04 Å². The number of amides is 2. The van der Waals surface area contributed by atoms with Crippen LogP contribution in [0, 0.1) is 7.43 Å². The van der Waals surface area contributed by atoms with Crippen LogP contribution in [-0.2, 0) is 37.0 Å². The number of ether oxygens (including phenoxy) is 1. The van der Waals surface area contributed by atoms with Crippen molar-refractivity contribution in [2.75, 3.05) is 6.61 Å². The summed E-state index contributed by atoms with van der Waals surface area (Å²) in [5.41, 5.74) is 1.10. The third-order valence-electron chi connectivity index (χ3n) is 2.85. The molecule has 0 N–H and O–H groups in total. The minimum atomic E-state index is -0.516. The molecule has 4 nitrogen and oxygen atoms in total. The van der Waals surface area contributed by atoms with Crippen molar-refractivity contribution in [3.63, 3.8) is 0 Å². The molecule has 0 aliphatic carbocycles. The fourth-order valence-electron chi connectivity index (χ4n) is 1.97. The van der Waals surface area contributed by atoms with E-state index in [9.17, 15) is 9.59 Å². The van der Waals surface area contributed by atoms with E-state index in [1.54, 1.807) is 6.92 Å². The van der Waals surface area contributed by atoms with Crippen molar-refractivity contribution >= 4 is 12.0 Å². The molecule has 2 rings (SSSR count). The number of nitrogens with zero attached hydrogens (tertiary/aromatic N) is 1. The summed E-state index contributed by atoms with van der Waals surface area (Å²) < 4.78 is 4.94. The molecule has 5 heteroatoms. The maximum atomic E-state index is 11.7. The molecule has 1 aromatic carbocycles. The van der Waals surface area contributed by atoms with Crippen LogP contribution in [0.1, 0.15) is 18.9 Å². The smallest absolute Gasteiger partial charge is 0.416 e. The summed E-state index contributed by atoms with van der Waals surface area (Å²) in [5.74, 6) is -0.173. The topological polar surface area (TPSA) is 46.6 Å². The van der Waals surface area contributed by atoms with E-state index in [1.165, 1.54) is 4.90 Å². The molecule has 0 radical (unpaired) electrons. The van der Waals surface area contributed by atoms with Crippen molar-refractivity contribution in [2.45, 2.75) is 25.8 Å². The summed E-state index contributed by atoms with van der Waals surface area (Å²) in [7, 11) is 0. The Hall–Kier alpha value is -1.15. The first kappa shape index (κ1) is 17.8. The van der Waals surface area contributed by atoms with E-state index in [0.717, 1.165) is 5.56 Å². The van der Waals surface area contributed by atoms with Crippen molar-refractivity contribution < 1.29 is 35.4 Å². The van der Waals surface area contributed by atoms with Crippen LogP contribution in [0.25, 0.3) is 0 Å². The van der Waals surface area contributed by atoms with Crippen LogP contribution in [-0.4, -0.2) is 29.5 Å². The normalized spacial score (nSPS) is 17.2. The summed E-state index contributed by atoms with van der Waals surface area (Å²) in [6.07, 6.45) is 0.455. The Morgan fingerprint density at radius 2 is 2.00 bits per heavy atom. The number of hydrogen-bond acceptors (Lipinski definition) is 3. The van der Waals surface area contributed by atoms with Gasteiger partial charge in [0.1, 0.15) is 6.61 Å². The molecule has 0 bridgehead atoms. The maximum Gasteiger partial charge on any atom is 0.416 e. The third-order valence-corrected chi connectivity index (χ3v) is 2.85. The van der Waals surface area contributed by atoms with Crippen LogP contribution < -0.4 is 0 Å². The first-order valence-electron chi connectivity index (χ1n) is 5.75. The molecule has 2 amide bonds. The molecular weight excluding hydrogens is 414 g/mol. The maximum absolute atomic E-state index is 11.7. The summed E-state index contributed by atoms with van der Waals surface area (Å²) in [6, 6.07) is 9.62. The second-order valence-electron chi connectivity index (χ2n) is 4.04. The van der Waals surface area contributed by atoms with Gasteiger partial charge in [-0.2, -0.15) is 0 Å². The minimum absolute atomic E-state index is 0. The van der Waals surface area contributed by atoms with Gasteiger partial charge in [-0.3, -0.25) is 4.79 Å². The van der Waals surface area contributed by atoms with E-state index in [-0.39, 0.29) is 40.4 Å². The van der Waals surface area contributed by atoms with E-state index in [1.807, 2.05) is 30.3 Å². The van der Waals surface area contributed by atoms with Crippen LogP contribution >= 0.6 is 0 Å². The fourth-order valence-corrected chi connectivity index (χ4v) is 1.97. The molecule has 0 unspecified atom stereocenters. The SMILES string of the molecule is CCC(=O)N1C(=O)OC[C@H]1Cc1ccccc1.[CH3-].[W]. The molecular formula is C14H18NO3W-. The number of imide groups is 1. The van der Waals surface area contributed by atoms with Gasteiger partial charge >= 0.3 is 6.09 Å². The van der Waals surface area contributed by atoms with Crippen molar-refractivity contribution in [1.82, 2.24) is 4.90 Å². The zero-order valence-corrected chi connectivity index (χ0v) is 14.1. The number of rotatable bonds is 3. The number of hydrogen-bond donors (Lipinski definition) is 0. The van der Waals surface area contributed by atoms with Crippen LogP contribution in [0.15, 0.2) is 30.3 Å². The Morgan fingerprint density at radius 1 is 1.37 bits per heavy atom. The fraction of sp³-hybridized carbons (Fsp3) is 0.357. The summed E-state index contributed by atoms with van der Waals surface area (Å²) in [6.45, 7) is 2.03. The first-order valence-corrected chi connectivity index (χ1v) is 5.75. The number of carbonyl (C=O) groups excluding carboxylic acids is 2. The molecule has 1 aliphatic rings. The van der Waals surface area contributed by atoms with E-state index >= 15 is 0 Å². The molecule has 0 spiro atoms.